The number of rotatable bonds is 13. The van der Waals surface area contributed by atoms with E-state index in [2.05, 4.69) is 0 Å². The largest absolute Gasteiger partial charge is 0.507 e. The van der Waals surface area contributed by atoms with Crippen molar-refractivity contribution in [2.45, 2.75) is 92.1 Å². The van der Waals surface area contributed by atoms with E-state index in [-0.39, 0.29) is 33.6 Å². The number of fused-ring (bicyclic) bond motifs is 1. The number of hydrogen-bond donors (Lipinski definition) is 15. The Bertz CT molecular complexity index is 2370. The van der Waals surface area contributed by atoms with E-state index < -0.39 is 152 Å². The Morgan fingerprint density at radius 2 is 1.17 bits per heavy atom. The molecule has 15 N–H and O–H groups in total. The second-order valence-electron chi connectivity index (χ2n) is 15.5. The first-order valence-electron chi connectivity index (χ1n) is 20.0. The molecule has 3 aliphatic heterocycles. The van der Waals surface area contributed by atoms with Crippen LogP contribution in [0.25, 0.3) is 28.4 Å². The van der Waals surface area contributed by atoms with Gasteiger partial charge in [0, 0.05) is 24.3 Å². The van der Waals surface area contributed by atoms with Crippen LogP contribution in [0.5, 0.6) is 40.2 Å². The molecule has 3 aromatic carbocycles. The van der Waals surface area contributed by atoms with Crippen molar-refractivity contribution in [3.8, 4) is 51.6 Å². The van der Waals surface area contributed by atoms with Crippen LogP contribution < -0.4 is 9.47 Å². The maximum Gasteiger partial charge on any atom is 0.402 e. The first kappa shape index (κ1) is 48.3. The number of phenolic OH excluding ortho intramolecular Hbond substituents is 5. The zero-order chi connectivity index (χ0) is 47.7. The van der Waals surface area contributed by atoms with Gasteiger partial charge in [0.25, 0.3) is 0 Å². The highest BCUT2D eigenvalue weighted by molar-refractivity contribution is 5.89. The van der Waals surface area contributed by atoms with Crippen LogP contribution in [0.4, 0.5) is 0 Å². The van der Waals surface area contributed by atoms with Gasteiger partial charge in [-0.05, 0) is 35.9 Å². The quantitative estimate of drug-likeness (QED) is 0.0282. The Morgan fingerprint density at radius 1 is 0.591 bits per heavy atom. The van der Waals surface area contributed by atoms with Crippen LogP contribution in [-0.2, 0) is 28.5 Å². The standard InChI is InChI=1S/C42H46O24/c43-12-26-30(51)33(54)36(57)40(63-26)61-24-10-17(45)9-23-18(24)11-25(38(60-23)16-3-5-20(47)22(49)8-16)62-42-39(66-41-37(58)34(55)31(52)27(13-44)64-41)35(56)32(53)28(65-42)14-59-29(50)6-2-15-1-4-19(46)21(48)7-15/h1-11,26-28,30-37,39-44,51-58H,12-14H2,(H4-,45,46,47,48,49,50)/p+1/t26?,27?,28?,30-,31-,32-,33+,34+,35?,36?,37?,39-,40-,41+,42-/m1/s1. The highest BCUT2D eigenvalue weighted by Crippen LogP contribution is 2.44. The second-order valence-corrected chi connectivity index (χ2v) is 15.5. The van der Waals surface area contributed by atoms with E-state index in [4.69, 9.17) is 37.6 Å². The average Bonchev–Trinajstić information content (AvgIpc) is 3.29. The summed E-state index contributed by atoms with van der Waals surface area (Å²) in [7, 11) is 0. The summed E-state index contributed by atoms with van der Waals surface area (Å²) in [5, 5.41) is 156. The Kier molecular flexibility index (Phi) is 14.7. The summed E-state index contributed by atoms with van der Waals surface area (Å²) in [6.45, 7) is -2.47. The zero-order valence-corrected chi connectivity index (χ0v) is 34.0. The maximum absolute atomic E-state index is 12.8. The van der Waals surface area contributed by atoms with E-state index >= 15 is 0 Å². The molecule has 15 atom stereocenters. The normalized spacial score (nSPS) is 32.6. The molecule has 0 saturated carbocycles. The minimum absolute atomic E-state index is 0.0241. The number of esters is 1. The van der Waals surface area contributed by atoms with Gasteiger partial charge in [-0.3, -0.25) is 0 Å². The van der Waals surface area contributed by atoms with Gasteiger partial charge >= 0.3 is 17.3 Å². The highest BCUT2D eigenvalue weighted by atomic mass is 16.8. The third-order valence-corrected chi connectivity index (χ3v) is 11.0. The number of aromatic hydroxyl groups is 5. The van der Waals surface area contributed by atoms with E-state index in [9.17, 15) is 81.4 Å². The maximum atomic E-state index is 12.8. The zero-order valence-electron chi connectivity index (χ0n) is 34.0. The van der Waals surface area contributed by atoms with Crippen molar-refractivity contribution >= 4 is 23.0 Å². The van der Waals surface area contributed by atoms with Crippen molar-refractivity contribution in [1.29, 1.82) is 0 Å². The Hall–Kier alpha value is -5.68. The molecule has 0 aliphatic carbocycles. The number of carbonyl (C=O) groups is 1. The lowest BCUT2D eigenvalue weighted by molar-refractivity contribution is -0.357. The topological polar surface area (TPSA) is 396 Å². The van der Waals surface area contributed by atoms with Gasteiger partial charge in [-0.2, -0.15) is 0 Å². The van der Waals surface area contributed by atoms with Crippen LogP contribution in [0.15, 0.2) is 65.1 Å². The summed E-state index contributed by atoms with van der Waals surface area (Å²) < 4.78 is 46.4. The van der Waals surface area contributed by atoms with Crippen molar-refractivity contribution in [3.63, 3.8) is 0 Å². The van der Waals surface area contributed by atoms with Crippen molar-refractivity contribution in [3.05, 3.63) is 66.2 Å². The first-order chi connectivity index (χ1) is 31.4. The number of aliphatic hydroxyl groups is 10. The van der Waals surface area contributed by atoms with Crippen molar-refractivity contribution in [1.82, 2.24) is 0 Å². The lowest BCUT2D eigenvalue weighted by atomic mass is 9.97. The van der Waals surface area contributed by atoms with E-state index in [0.717, 1.165) is 36.4 Å². The van der Waals surface area contributed by atoms with Gasteiger partial charge in [-0.1, -0.05) is 6.07 Å². The van der Waals surface area contributed by atoms with Gasteiger partial charge in [0.1, 0.15) is 90.6 Å². The van der Waals surface area contributed by atoms with E-state index in [1.165, 1.54) is 30.3 Å². The lowest BCUT2D eigenvalue weighted by Crippen LogP contribution is -2.65. The number of aliphatic hydroxyl groups excluding tert-OH is 10. The summed E-state index contributed by atoms with van der Waals surface area (Å²) >= 11 is 0. The van der Waals surface area contributed by atoms with E-state index in [1.54, 1.807) is 0 Å². The van der Waals surface area contributed by atoms with Gasteiger partial charge in [-0.15, -0.1) is 0 Å². The number of hydrogen-bond acceptors (Lipinski definition) is 23. The van der Waals surface area contributed by atoms with Crippen LogP contribution in [0.2, 0.25) is 0 Å². The number of carbonyl (C=O) groups excluding carboxylic acids is 1. The van der Waals surface area contributed by atoms with Crippen LogP contribution >= 0.6 is 0 Å². The van der Waals surface area contributed by atoms with Crippen LogP contribution in [0.3, 0.4) is 0 Å². The van der Waals surface area contributed by atoms with E-state index in [1.807, 2.05) is 0 Å². The predicted octanol–water partition coefficient (Wildman–Crippen LogP) is -2.65. The number of benzene rings is 3. The van der Waals surface area contributed by atoms with Gasteiger partial charge in [0.05, 0.1) is 24.8 Å². The predicted molar refractivity (Wildman–Crippen MR) is 215 cm³/mol. The summed E-state index contributed by atoms with van der Waals surface area (Å²) in [5.41, 5.74) is 0.0618. The molecule has 24 nitrogen and oxygen atoms in total. The molecule has 3 fully saturated rings. The molecule has 0 spiro atoms. The Morgan fingerprint density at radius 3 is 1.80 bits per heavy atom. The minimum Gasteiger partial charge on any atom is -0.507 e. The van der Waals surface area contributed by atoms with E-state index in [0.29, 0.717) is 0 Å². The third-order valence-electron chi connectivity index (χ3n) is 11.0. The molecule has 4 aromatic rings. The van der Waals surface area contributed by atoms with Crippen molar-refractivity contribution in [2.75, 3.05) is 19.8 Å². The van der Waals surface area contributed by atoms with Crippen molar-refractivity contribution < 1.29 is 119 Å². The third kappa shape index (κ3) is 10.0. The monoisotopic (exact) mass is 935 g/mol. The molecule has 0 radical (unpaired) electrons. The molecule has 4 heterocycles. The Balaban J connectivity index is 1.27. The summed E-state index contributed by atoms with van der Waals surface area (Å²) in [4.78, 5) is 12.8. The highest BCUT2D eigenvalue weighted by Gasteiger charge is 2.52. The van der Waals surface area contributed by atoms with Gasteiger partial charge in [0.2, 0.25) is 18.3 Å². The fraction of sp³-hybridized carbons (Fsp3) is 0.429. The molecule has 0 bridgehead atoms. The minimum atomic E-state index is -2.10. The molecule has 66 heavy (non-hydrogen) atoms. The van der Waals surface area contributed by atoms with Crippen LogP contribution in [0, 0.1) is 0 Å². The second kappa shape index (κ2) is 20.0. The molecule has 3 aliphatic rings. The number of phenols is 5. The molecule has 0 amide bonds. The molecule has 24 heteroatoms. The number of ether oxygens (including phenoxy) is 7. The lowest BCUT2D eigenvalue weighted by Gasteiger charge is -2.45. The smallest absolute Gasteiger partial charge is 0.402 e. The van der Waals surface area contributed by atoms with Crippen LogP contribution in [0.1, 0.15) is 5.56 Å². The first-order valence-corrected chi connectivity index (χ1v) is 20.0. The average molecular weight is 936 g/mol. The fourth-order valence-corrected chi connectivity index (χ4v) is 7.28. The molecular weight excluding hydrogens is 888 g/mol. The molecular formula is C42H47O24+. The summed E-state index contributed by atoms with van der Waals surface area (Å²) in [5.74, 6) is -4.64. The molecule has 7 rings (SSSR count). The van der Waals surface area contributed by atoms with Gasteiger partial charge in [-0.25, -0.2) is 9.21 Å². The molecule has 3 saturated heterocycles. The fourth-order valence-electron chi connectivity index (χ4n) is 7.28. The van der Waals surface area contributed by atoms with Gasteiger partial charge in [0.15, 0.2) is 35.4 Å². The SMILES string of the molecule is O=C(/C=C/c1ccc(O)c(O)c1)OCC1O[C@@H](Oc2cc3c(O[C@@H]4OC(CO)[C@@H](O)[C@H](O)C4O)cc(O)cc3[o+]c2-c2ccc(O)c(O)c2)[C@H](O[C@@H]2OC(CO)[C@@H](O)[C@H](O)C2O)C(O)[C@@H]1O. The molecule has 358 valence electrons. The Labute approximate surface area is 371 Å². The molecule has 6 unspecified atom stereocenters. The van der Waals surface area contributed by atoms with Crippen molar-refractivity contribution in [2.24, 2.45) is 0 Å². The molecule has 1 aromatic heterocycles. The van der Waals surface area contributed by atoms with Gasteiger partial charge < -0.3 is 110 Å². The van der Waals surface area contributed by atoms with Crippen LogP contribution in [-0.4, -0.2) is 195 Å². The summed E-state index contributed by atoms with van der Waals surface area (Å²) in [6.07, 6.45) is -25.6. The summed E-state index contributed by atoms with van der Waals surface area (Å²) in [6, 6.07) is 10.4.